The van der Waals surface area contributed by atoms with E-state index in [0.29, 0.717) is 6.42 Å². The maximum Gasteiger partial charge on any atom is 0.126 e. The van der Waals surface area contributed by atoms with Gasteiger partial charge in [-0.05, 0) is 31.5 Å². The predicted octanol–water partition coefficient (Wildman–Crippen LogP) is 2.68. The number of aliphatic hydroxyl groups excluding tert-OH is 1. The first-order valence-corrected chi connectivity index (χ1v) is 5.63. The van der Waals surface area contributed by atoms with Crippen LogP contribution in [0.3, 0.4) is 0 Å². The Morgan fingerprint density at radius 3 is 2.94 bits per heavy atom. The average Bonchev–Trinajstić information content (AvgIpc) is 2.28. The summed E-state index contributed by atoms with van der Waals surface area (Å²) in [5, 5.41) is 10.1. The third-order valence-corrected chi connectivity index (χ3v) is 3.31. The highest BCUT2D eigenvalue weighted by Crippen LogP contribution is 2.42. The van der Waals surface area contributed by atoms with Crippen molar-refractivity contribution in [3.63, 3.8) is 0 Å². The molecule has 1 aromatic rings. The second kappa shape index (κ2) is 3.98. The minimum absolute atomic E-state index is 0.263. The first-order chi connectivity index (χ1) is 7.58. The van der Waals surface area contributed by atoms with Gasteiger partial charge in [0.05, 0.1) is 13.2 Å². The van der Waals surface area contributed by atoms with Gasteiger partial charge >= 0.3 is 0 Å². The van der Waals surface area contributed by atoms with Gasteiger partial charge in [-0.15, -0.1) is 0 Å². The lowest BCUT2D eigenvalue weighted by Crippen LogP contribution is -2.37. The Morgan fingerprint density at radius 1 is 1.56 bits per heavy atom. The lowest BCUT2D eigenvalue weighted by atomic mass is 9.88. The number of hydrogen-bond donors (Lipinski definition) is 1. The molecule has 0 aliphatic carbocycles. The number of methoxy groups -OCH3 is 1. The van der Waals surface area contributed by atoms with E-state index in [9.17, 15) is 5.11 Å². The molecule has 0 spiro atoms. The van der Waals surface area contributed by atoms with Crippen LogP contribution in [0.5, 0.6) is 11.5 Å². The second-order valence-corrected chi connectivity index (χ2v) is 4.53. The van der Waals surface area contributed by atoms with E-state index in [4.69, 9.17) is 9.47 Å². The lowest BCUT2D eigenvalue weighted by molar-refractivity contribution is -0.00393. The van der Waals surface area contributed by atoms with E-state index in [1.54, 1.807) is 7.11 Å². The summed E-state index contributed by atoms with van der Waals surface area (Å²) in [5.41, 5.74) is 0.561. The molecule has 16 heavy (non-hydrogen) atoms. The molecule has 1 aliphatic heterocycles. The first-order valence-electron chi connectivity index (χ1n) is 5.63. The Hall–Kier alpha value is -1.22. The van der Waals surface area contributed by atoms with Gasteiger partial charge in [0, 0.05) is 12.0 Å². The Labute approximate surface area is 96.0 Å². The molecule has 0 bridgehead atoms. The van der Waals surface area contributed by atoms with Crippen LogP contribution in [-0.2, 0) is 0 Å². The molecule has 3 nitrogen and oxygen atoms in total. The second-order valence-electron chi connectivity index (χ2n) is 4.53. The molecule has 1 unspecified atom stereocenters. The molecule has 1 N–H and O–H groups in total. The molecule has 0 aromatic heterocycles. The molecule has 0 amide bonds. The summed E-state index contributed by atoms with van der Waals surface area (Å²) in [6, 6.07) is 5.56. The summed E-state index contributed by atoms with van der Waals surface area (Å²) in [7, 11) is 1.62. The minimum Gasteiger partial charge on any atom is -0.497 e. The molecule has 0 saturated heterocycles. The van der Waals surface area contributed by atoms with Crippen LogP contribution in [0.15, 0.2) is 18.2 Å². The third kappa shape index (κ3) is 1.87. The molecule has 0 radical (unpaired) electrons. The van der Waals surface area contributed by atoms with Crippen molar-refractivity contribution in [2.24, 2.45) is 0 Å². The molecule has 3 heteroatoms. The Morgan fingerprint density at radius 2 is 2.31 bits per heavy atom. The van der Waals surface area contributed by atoms with Crippen molar-refractivity contribution in [3.05, 3.63) is 23.8 Å². The molecular formula is C13H18O3. The van der Waals surface area contributed by atoms with Crippen LogP contribution < -0.4 is 9.47 Å². The number of ether oxygens (including phenoxy) is 2. The van der Waals surface area contributed by atoms with Crippen LogP contribution in [0, 0.1) is 0 Å². The highest BCUT2D eigenvalue weighted by molar-refractivity contribution is 5.43. The normalized spacial score (nSPS) is 28.1. The number of aliphatic hydroxyl groups is 1. The van der Waals surface area contributed by atoms with Crippen LogP contribution in [0.1, 0.15) is 38.4 Å². The SMILES string of the molecule is CCC1(C)C[C@@H](O)c2cc(OC)ccc2O1. The molecule has 1 aromatic carbocycles. The fourth-order valence-electron chi connectivity index (χ4n) is 2.05. The Bertz CT molecular complexity index is 389. The maximum absolute atomic E-state index is 10.1. The van der Waals surface area contributed by atoms with Gasteiger partial charge in [-0.1, -0.05) is 6.92 Å². The Balaban J connectivity index is 2.38. The molecule has 2 atom stereocenters. The zero-order valence-corrected chi connectivity index (χ0v) is 9.99. The predicted molar refractivity (Wildman–Crippen MR) is 61.9 cm³/mol. The summed E-state index contributed by atoms with van der Waals surface area (Å²) in [5.74, 6) is 1.52. The van der Waals surface area contributed by atoms with Crippen LogP contribution in [0.4, 0.5) is 0 Å². The quantitative estimate of drug-likeness (QED) is 0.836. The van der Waals surface area contributed by atoms with Crippen molar-refractivity contribution in [3.8, 4) is 11.5 Å². The van der Waals surface area contributed by atoms with E-state index in [-0.39, 0.29) is 5.60 Å². The van der Waals surface area contributed by atoms with Gasteiger partial charge in [-0.2, -0.15) is 0 Å². The van der Waals surface area contributed by atoms with Crippen LogP contribution in [0.25, 0.3) is 0 Å². The Kier molecular flexibility index (Phi) is 2.80. The van der Waals surface area contributed by atoms with Crippen molar-refractivity contribution < 1.29 is 14.6 Å². The summed E-state index contributed by atoms with van der Waals surface area (Å²) in [4.78, 5) is 0. The van der Waals surface area contributed by atoms with Gasteiger partial charge < -0.3 is 14.6 Å². The van der Waals surface area contributed by atoms with Crippen molar-refractivity contribution >= 4 is 0 Å². The smallest absolute Gasteiger partial charge is 0.126 e. The molecule has 2 rings (SSSR count). The number of benzene rings is 1. The maximum atomic E-state index is 10.1. The lowest BCUT2D eigenvalue weighted by Gasteiger charge is -2.37. The first kappa shape index (κ1) is 11.3. The highest BCUT2D eigenvalue weighted by Gasteiger charge is 2.35. The van der Waals surface area contributed by atoms with Gasteiger partial charge in [0.1, 0.15) is 17.1 Å². The number of fused-ring (bicyclic) bond motifs is 1. The van der Waals surface area contributed by atoms with Gasteiger partial charge in [0.2, 0.25) is 0 Å². The van der Waals surface area contributed by atoms with Crippen LogP contribution >= 0.6 is 0 Å². The summed E-state index contributed by atoms with van der Waals surface area (Å²) in [6.07, 6.45) is 1.04. The molecule has 0 saturated carbocycles. The minimum atomic E-state index is -0.469. The number of rotatable bonds is 2. The van der Waals surface area contributed by atoms with Crippen LogP contribution in [0.2, 0.25) is 0 Å². The zero-order chi connectivity index (χ0) is 11.8. The molecule has 88 valence electrons. The van der Waals surface area contributed by atoms with Gasteiger partial charge in [0.25, 0.3) is 0 Å². The zero-order valence-electron chi connectivity index (χ0n) is 9.99. The van der Waals surface area contributed by atoms with E-state index in [0.717, 1.165) is 23.5 Å². The van der Waals surface area contributed by atoms with Crippen molar-refractivity contribution in [1.82, 2.24) is 0 Å². The van der Waals surface area contributed by atoms with E-state index in [1.807, 2.05) is 25.1 Å². The van der Waals surface area contributed by atoms with Crippen LogP contribution in [-0.4, -0.2) is 17.8 Å². The molecule has 0 fully saturated rings. The van der Waals surface area contributed by atoms with Crippen molar-refractivity contribution in [2.75, 3.05) is 7.11 Å². The highest BCUT2D eigenvalue weighted by atomic mass is 16.5. The molecular weight excluding hydrogens is 204 g/mol. The summed E-state index contributed by atoms with van der Waals surface area (Å²) < 4.78 is 11.1. The molecule has 1 aliphatic rings. The summed E-state index contributed by atoms with van der Waals surface area (Å²) in [6.45, 7) is 4.10. The fourth-order valence-corrected chi connectivity index (χ4v) is 2.05. The van der Waals surface area contributed by atoms with Gasteiger partial charge in [0.15, 0.2) is 0 Å². The monoisotopic (exact) mass is 222 g/mol. The van der Waals surface area contributed by atoms with E-state index < -0.39 is 6.10 Å². The average molecular weight is 222 g/mol. The van der Waals surface area contributed by atoms with Gasteiger partial charge in [-0.3, -0.25) is 0 Å². The van der Waals surface area contributed by atoms with E-state index >= 15 is 0 Å². The third-order valence-electron chi connectivity index (χ3n) is 3.31. The number of hydrogen-bond acceptors (Lipinski definition) is 3. The standard InChI is InChI=1S/C13H18O3/c1-4-13(2)8-11(14)10-7-9(15-3)5-6-12(10)16-13/h5-7,11,14H,4,8H2,1-3H3/t11-,13?/m1/s1. The molecule has 1 heterocycles. The summed E-state index contributed by atoms with van der Waals surface area (Å²) >= 11 is 0. The topological polar surface area (TPSA) is 38.7 Å². The van der Waals surface area contributed by atoms with Crippen molar-refractivity contribution in [1.29, 1.82) is 0 Å². The fraction of sp³-hybridized carbons (Fsp3) is 0.538. The van der Waals surface area contributed by atoms with E-state index in [1.165, 1.54) is 0 Å². The van der Waals surface area contributed by atoms with Gasteiger partial charge in [-0.25, -0.2) is 0 Å². The van der Waals surface area contributed by atoms with Crippen molar-refractivity contribution in [2.45, 2.75) is 38.4 Å². The van der Waals surface area contributed by atoms with E-state index in [2.05, 4.69) is 6.92 Å². The largest absolute Gasteiger partial charge is 0.497 e.